The molecule has 2 N–H and O–H groups in total. The fourth-order valence-electron chi connectivity index (χ4n) is 3.86. The Balaban J connectivity index is 1.73. The Morgan fingerprint density at radius 2 is 1.85 bits per heavy atom. The molecule has 2 aliphatic carbocycles. The summed E-state index contributed by atoms with van der Waals surface area (Å²) in [6.45, 7) is 0.777. The second-order valence-electron chi connectivity index (χ2n) is 6.39. The fourth-order valence-corrected chi connectivity index (χ4v) is 3.86. The molecule has 1 saturated carbocycles. The molecule has 0 bridgehead atoms. The van der Waals surface area contributed by atoms with Gasteiger partial charge in [-0.2, -0.15) is 0 Å². The van der Waals surface area contributed by atoms with Crippen molar-refractivity contribution in [1.29, 1.82) is 0 Å². The van der Waals surface area contributed by atoms with Gasteiger partial charge in [0, 0.05) is 0 Å². The van der Waals surface area contributed by atoms with Gasteiger partial charge in [0.15, 0.2) is 0 Å². The molecule has 2 nitrogen and oxygen atoms in total. The highest BCUT2D eigenvalue weighted by Crippen LogP contribution is 2.36. The van der Waals surface area contributed by atoms with E-state index >= 15 is 0 Å². The van der Waals surface area contributed by atoms with Crippen LogP contribution in [0.2, 0.25) is 0 Å². The van der Waals surface area contributed by atoms with Crippen molar-refractivity contribution in [3.8, 4) is 0 Å². The summed E-state index contributed by atoms with van der Waals surface area (Å²) in [7, 11) is 0. The Bertz CT molecular complexity index is 431. The average Bonchev–Trinajstić information content (AvgIpc) is 2.72. The molecular weight excluding hydrogens is 246 g/mol. The van der Waals surface area contributed by atoms with E-state index in [2.05, 4.69) is 24.3 Å². The summed E-state index contributed by atoms with van der Waals surface area (Å²) in [4.78, 5) is 0. The van der Waals surface area contributed by atoms with Crippen molar-refractivity contribution in [3.63, 3.8) is 0 Å². The molecule has 2 aliphatic rings. The predicted octanol–water partition coefficient (Wildman–Crippen LogP) is 3.99. The molecule has 0 aliphatic heterocycles. The van der Waals surface area contributed by atoms with Crippen molar-refractivity contribution in [2.24, 2.45) is 11.7 Å². The van der Waals surface area contributed by atoms with Gasteiger partial charge in [0.05, 0.1) is 12.2 Å². The first kappa shape index (κ1) is 14.1. The van der Waals surface area contributed by atoms with Crippen LogP contribution in [0.4, 0.5) is 0 Å². The zero-order valence-corrected chi connectivity index (χ0v) is 12.4. The largest absolute Gasteiger partial charge is 0.370 e. The lowest BCUT2D eigenvalue weighted by Gasteiger charge is -2.32. The first-order valence-corrected chi connectivity index (χ1v) is 8.32. The van der Waals surface area contributed by atoms with Crippen LogP contribution in [0.1, 0.15) is 62.2 Å². The highest BCUT2D eigenvalue weighted by molar-refractivity contribution is 5.31. The van der Waals surface area contributed by atoms with Crippen LogP contribution in [0.5, 0.6) is 0 Å². The Kier molecular flexibility index (Phi) is 4.74. The van der Waals surface area contributed by atoms with Gasteiger partial charge < -0.3 is 10.5 Å². The second kappa shape index (κ2) is 6.73. The van der Waals surface area contributed by atoms with Gasteiger partial charge in [0.25, 0.3) is 0 Å². The van der Waals surface area contributed by atoms with Crippen LogP contribution in [-0.2, 0) is 11.2 Å². The molecule has 0 spiro atoms. The van der Waals surface area contributed by atoms with Crippen LogP contribution in [-0.4, -0.2) is 12.6 Å². The maximum atomic E-state index is 6.56. The molecule has 0 radical (unpaired) electrons. The van der Waals surface area contributed by atoms with E-state index in [1.807, 2.05) is 0 Å². The molecule has 1 aromatic rings. The third kappa shape index (κ3) is 3.07. The van der Waals surface area contributed by atoms with Crippen LogP contribution in [0.25, 0.3) is 0 Å². The number of ether oxygens (including phenoxy) is 1. The Hall–Kier alpha value is -0.860. The smallest absolute Gasteiger partial charge is 0.0831 e. The molecular formula is C18H27NO. The maximum absolute atomic E-state index is 6.56. The van der Waals surface area contributed by atoms with E-state index in [0.29, 0.717) is 18.1 Å². The van der Waals surface area contributed by atoms with Crippen molar-refractivity contribution >= 4 is 0 Å². The summed E-state index contributed by atoms with van der Waals surface area (Å²) in [5.74, 6) is 0.562. The number of benzene rings is 1. The normalized spacial score (nSPS) is 30.6. The molecule has 20 heavy (non-hydrogen) atoms. The molecule has 0 aromatic heterocycles. The maximum Gasteiger partial charge on any atom is 0.0831 e. The van der Waals surface area contributed by atoms with Crippen molar-refractivity contribution in [1.82, 2.24) is 0 Å². The first-order valence-electron chi connectivity index (χ1n) is 8.32. The summed E-state index contributed by atoms with van der Waals surface area (Å²) in [6, 6.07) is 8.81. The van der Waals surface area contributed by atoms with E-state index in [1.54, 1.807) is 0 Å². The van der Waals surface area contributed by atoms with E-state index in [4.69, 9.17) is 10.5 Å². The van der Waals surface area contributed by atoms with E-state index < -0.39 is 0 Å². The first-order chi connectivity index (χ1) is 9.88. The van der Waals surface area contributed by atoms with Crippen LogP contribution >= 0.6 is 0 Å². The summed E-state index contributed by atoms with van der Waals surface area (Å²) < 4.78 is 6.56. The Morgan fingerprint density at radius 3 is 2.75 bits per heavy atom. The lowest BCUT2D eigenvalue weighted by Crippen LogP contribution is -2.31. The lowest BCUT2D eigenvalue weighted by molar-refractivity contribution is -0.0529. The highest BCUT2D eigenvalue weighted by Gasteiger charge is 2.28. The number of hydrogen-bond acceptors (Lipinski definition) is 2. The van der Waals surface area contributed by atoms with Crippen LogP contribution in [0.15, 0.2) is 24.3 Å². The summed E-state index contributed by atoms with van der Waals surface area (Å²) >= 11 is 0. The summed E-state index contributed by atoms with van der Waals surface area (Å²) in [5, 5.41) is 0. The summed E-state index contributed by atoms with van der Waals surface area (Å²) in [6.07, 6.45) is 10.7. The molecule has 3 unspecified atom stereocenters. The van der Waals surface area contributed by atoms with Crippen molar-refractivity contribution < 1.29 is 4.74 Å². The summed E-state index contributed by atoms with van der Waals surface area (Å²) in [5.41, 5.74) is 8.90. The number of rotatable bonds is 3. The van der Waals surface area contributed by atoms with E-state index in [9.17, 15) is 0 Å². The molecule has 1 aromatic carbocycles. The van der Waals surface area contributed by atoms with Crippen molar-refractivity contribution in [3.05, 3.63) is 35.4 Å². The van der Waals surface area contributed by atoms with E-state index in [0.717, 1.165) is 6.54 Å². The van der Waals surface area contributed by atoms with Gasteiger partial charge in [-0.3, -0.25) is 0 Å². The van der Waals surface area contributed by atoms with E-state index in [1.165, 1.54) is 62.5 Å². The minimum absolute atomic E-state index is 0.303. The number of fused-ring (bicyclic) bond motifs is 1. The third-order valence-corrected chi connectivity index (χ3v) is 5.05. The van der Waals surface area contributed by atoms with E-state index in [-0.39, 0.29) is 0 Å². The van der Waals surface area contributed by atoms with Gasteiger partial charge in [0.2, 0.25) is 0 Å². The number of nitrogens with two attached hydrogens (primary N) is 1. The molecule has 3 rings (SSSR count). The SMILES string of the molecule is NCC1CCCCCC1OC1CCCc2ccccc21. The molecule has 2 heteroatoms. The molecule has 110 valence electrons. The van der Waals surface area contributed by atoms with Crippen LogP contribution in [0.3, 0.4) is 0 Å². The number of hydrogen-bond donors (Lipinski definition) is 1. The molecule has 0 heterocycles. The van der Waals surface area contributed by atoms with Gasteiger partial charge in [-0.1, -0.05) is 43.5 Å². The quantitative estimate of drug-likeness (QED) is 0.845. The zero-order chi connectivity index (χ0) is 13.8. The monoisotopic (exact) mass is 273 g/mol. The van der Waals surface area contributed by atoms with Gasteiger partial charge in [0.1, 0.15) is 0 Å². The topological polar surface area (TPSA) is 35.2 Å². The molecule has 0 saturated heterocycles. The van der Waals surface area contributed by atoms with Crippen LogP contribution in [0, 0.1) is 5.92 Å². The van der Waals surface area contributed by atoms with Gasteiger partial charge in [-0.25, -0.2) is 0 Å². The minimum atomic E-state index is 0.303. The molecule has 3 atom stereocenters. The number of aryl methyl sites for hydroxylation is 1. The standard InChI is InChI=1S/C18H27NO/c19-13-15-8-2-1-3-11-17(15)20-18-12-6-9-14-7-4-5-10-16(14)18/h4-5,7,10,15,17-18H,1-3,6,8-9,11-13,19H2. The zero-order valence-electron chi connectivity index (χ0n) is 12.4. The Morgan fingerprint density at radius 1 is 1.00 bits per heavy atom. The van der Waals surface area contributed by atoms with Crippen molar-refractivity contribution in [2.45, 2.75) is 63.6 Å². The molecule has 1 fully saturated rings. The predicted molar refractivity (Wildman–Crippen MR) is 82.6 cm³/mol. The average molecular weight is 273 g/mol. The third-order valence-electron chi connectivity index (χ3n) is 5.05. The minimum Gasteiger partial charge on any atom is -0.370 e. The Labute approximate surface area is 122 Å². The molecule has 0 amide bonds. The van der Waals surface area contributed by atoms with Gasteiger partial charge in [-0.15, -0.1) is 0 Å². The van der Waals surface area contributed by atoms with Gasteiger partial charge >= 0.3 is 0 Å². The fraction of sp³-hybridized carbons (Fsp3) is 0.667. The second-order valence-corrected chi connectivity index (χ2v) is 6.39. The van der Waals surface area contributed by atoms with Crippen LogP contribution < -0.4 is 5.73 Å². The highest BCUT2D eigenvalue weighted by atomic mass is 16.5. The lowest BCUT2D eigenvalue weighted by atomic mass is 9.88. The van der Waals surface area contributed by atoms with Gasteiger partial charge in [-0.05, 0) is 55.7 Å². The van der Waals surface area contributed by atoms with Crippen molar-refractivity contribution in [2.75, 3.05) is 6.54 Å².